The van der Waals surface area contributed by atoms with E-state index in [0.29, 0.717) is 6.54 Å². The molecule has 0 spiro atoms. The first-order valence-electron chi connectivity index (χ1n) is 7.40. The molecular formula is C15H23N3O2. The van der Waals surface area contributed by atoms with Crippen LogP contribution in [0.15, 0.2) is 12.4 Å². The maximum Gasteiger partial charge on any atom is 0.311 e. The van der Waals surface area contributed by atoms with Crippen molar-refractivity contribution in [2.75, 3.05) is 18.0 Å². The van der Waals surface area contributed by atoms with E-state index in [2.05, 4.69) is 21.8 Å². The molecule has 1 aliphatic heterocycles. The van der Waals surface area contributed by atoms with Crippen molar-refractivity contribution in [3.8, 4) is 0 Å². The number of aliphatic carboxylic acids is 1. The van der Waals surface area contributed by atoms with Crippen molar-refractivity contribution in [1.29, 1.82) is 0 Å². The van der Waals surface area contributed by atoms with Gasteiger partial charge in [0.1, 0.15) is 12.1 Å². The summed E-state index contributed by atoms with van der Waals surface area (Å²) in [5.41, 5.74) is 0.377. The van der Waals surface area contributed by atoms with Crippen LogP contribution in [0.25, 0.3) is 0 Å². The molecule has 1 aromatic heterocycles. The number of carboxylic acids is 1. The van der Waals surface area contributed by atoms with Gasteiger partial charge in [0.15, 0.2) is 0 Å². The smallest absolute Gasteiger partial charge is 0.311 e. The summed E-state index contributed by atoms with van der Waals surface area (Å²) in [6.07, 6.45) is 5.72. The topological polar surface area (TPSA) is 66.3 Å². The molecule has 1 saturated heterocycles. The van der Waals surface area contributed by atoms with Gasteiger partial charge in [0.25, 0.3) is 0 Å². The van der Waals surface area contributed by atoms with Crippen molar-refractivity contribution >= 4 is 11.8 Å². The molecule has 5 heteroatoms. The summed E-state index contributed by atoms with van der Waals surface area (Å²) in [6.45, 7) is 5.53. The summed E-state index contributed by atoms with van der Waals surface area (Å²) in [7, 11) is 0. The van der Waals surface area contributed by atoms with Crippen LogP contribution in [0.2, 0.25) is 0 Å². The molecule has 1 N–H and O–H groups in total. The van der Waals surface area contributed by atoms with Crippen LogP contribution >= 0.6 is 0 Å². The largest absolute Gasteiger partial charge is 0.481 e. The number of hydrogen-bond acceptors (Lipinski definition) is 4. The van der Waals surface area contributed by atoms with Crippen molar-refractivity contribution < 1.29 is 9.90 Å². The second-order valence-electron chi connectivity index (χ2n) is 5.58. The van der Waals surface area contributed by atoms with Gasteiger partial charge in [0, 0.05) is 24.8 Å². The lowest BCUT2D eigenvalue weighted by Crippen LogP contribution is -2.48. The summed E-state index contributed by atoms with van der Waals surface area (Å²) < 4.78 is 0. The van der Waals surface area contributed by atoms with Crippen molar-refractivity contribution in [2.24, 2.45) is 5.41 Å². The van der Waals surface area contributed by atoms with E-state index in [4.69, 9.17) is 0 Å². The Labute approximate surface area is 120 Å². The molecule has 1 fully saturated rings. The number of aromatic nitrogens is 2. The summed E-state index contributed by atoms with van der Waals surface area (Å²) in [6, 6.07) is 1.98. The quantitative estimate of drug-likeness (QED) is 0.895. The van der Waals surface area contributed by atoms with E-state index in [1.807, 2.05) is 13.0 Å². The summed E-state index contributed by atoms with van der Waals surface area (Å²) >= 11 is 0. The number of hydrogen-bond donors (Lipinski definition) is 1. The van der Waals surface area contributed by atoms with Gasteiger partial charge in [-0.05, 0) is 25.7 Å². The molecule has 1 aromatic rings. The Hall–Kier alpha value is -1.65. The molecule has 110 valence electrons. The second-order valence-corrected chi connectivity index (χ2v) is 5.58. The number of carboxylic acid groups (broad SMARTS) is 1. The van der Waals surface area contributed by atoms with Crippen LogP contribution in [-0.2, 0) is 11.2 Å². The molecule has 0 aliphatic carbocycles. The lowest BCUT2D eigenvalue weighted by Gasteiger charge is -2.40. The molecule has 0 radical (unpaired) electrons. The molecule has 0 bridgehead atoms. The van der Waals surface area contributed by atoms with Crippen molar-refractivity contribution in [3.63, 3.8) is 0 Å². The van der Waals surface area contributed by atoms with Gasteiger partial charge in [-0.25, -0.2) is 9.97 Å². The second kappa shape index (κ2) is 6.20. The number of piperidine rings is 1. The maximum absolute atomic E-state index is 11.7. The minimum absolute atomic E-state index is 0.552. The highest BCUT2D eigenvalue weighted by Crippen LogP contribution is 2.36. The van der Waals surface area contributed by atoms with Gasteiger partial charge >= 0.3 is 5.97 Å². The van der Waals surface area contributed by atoms with E-state index < -0.39 is 11.4 Å². The number of anilines is 1. The van der Waals surface area contributed by atoms with Crippen LogP contribution < -0.4 is 4.90 Å². The van der Waals surface area contributed by atoms with E-state index in [1.54, 1.807) is 6.33 Å². The Balaban J connectivity index is 2.22. The molecule has 0 saturated carbocycles. The third-order valence-electron chi connectivity index (χ3n) is 4.15. The fraction of sp³-hybridized carbons (Fsp3) is 0.667. The average molecular weight is 277 g/mol. The van der Waals surface area contributed by atoms with E-state index >= 15 is 0 Å². The Bertz CT molecular complexity index is 474. The maximum atomic E-state index is 11.7. The van der Waals surface area contributed by atoms with Gasteiger partial charge in [-0.3, -0.25) is 4.79 Å². The summed E-state index contributed by atoms with van der Waals surface area (Å²) in [4.78, 5) is 22.3. The first-order valence-corrected chi connectivity index (χ1v) is 7.40. The predicted octanol–water partition coefficient (Wildman–Crippen LogP) is 2.51. The van der Waals surface area contributed by atoms with E-state index in [9.17, 15) is 9.90 Å². The highest BCUT2D eigenvalue weighted by atomic mass is 16.4. The molecule has 0 aromatic carbocycles. The standard InChI is InChI=1S/C15H23N3O2/c1-3-6-15(14(19)20)7-5-8-18(10-15)13-9-12(4-2)16-11-17-13/h9,11H,3-8,10H2,1-2H3,(H,19,20). The Morgan fingerprint density at radius 3 is 2.90 bits per heavy atom. The number of rotatable bonds is 5. The monoisotopic (exact) mass is 277 g/mol. The first-order chi connectivity index (χ1) is 9.61. The summed E-state index contributed by atoms with van der Waals surface area (Å²) in [5, 5.41) is 9.63. The third-order valence-corrected chi connectivity index (χ3v) is 4.15. The van der Waals surface area contributed by atoms with Gasteiger partial charge in [0.05, 0.1) is 5.41 Å². The Morgan fingerprint density at radius 1 is 1.45 bits per heavy atom. The zero-order valence-corrected chi connectivity index (χ0v) is 12.3. The van der Waals surface area contributed by atoms with Crippen molar-refractivity contribution in [1.82, 2.24) is 9.97 Å². The van der Waals surface area contributed by atoms with Gasteiger partial charge in [-0.15, -0.1) is 0 Å². The lowest BCUT2D eigenvalue weighted by atomic mass is 9.76. The van der Waals surface area contributed by atoms with Gasteiger partial charge in [-0.2, -0.15) is 0 Å². The molecule has 0 amide bonds. The van der Waals surface area contributed by atoms with Crippen LogP contribution in [0.4, 0.5) is 5.82 Å². The number of aryl methyl sites for hydroxylation is 1. The molecule has 5 nitrogen and oxygen atoms in total. The van der Waals surface area contributed by atoms with Crippen LogP contribution in [0, 0.1) is 5.41 Å². The molecule has 2 rings (SSSR count). The highest BCUT2D eigenvalue weighted by molar-refractivity contribution is 5.76. The van der Waals surface area contributed by atoms with Gasteiger partial charge in [-0.1, -0.05) is 20.3 Å². The van der Waals surface area contributed by atoms with E-state index in [0.717, 1.165) is 50.2 Å². The van der Waals surface area contributed by atoms with Crippen LogP contribution in [0.1, 0.15) is 45.2 Å². The normalized spacial score (nSPS) is 22.8. The minimum Gasteiger partial charge on any atom is -0.481 e. The summed E-state index contributed by atoms with van der Waals surface area (Å²) in [5.74, 6) is 0.187. The van der Waals surface area contributed by atoms with Crippen LogP contribution in [0.5, 0.6) is 0 Å². The number of carbonyl (C=O) groups is 1. The first kappa shape index (κ1) is 14.8. The fourth-order valence-electron chi connectivity index (χ4n) is 3.04. The van der Waals surface area contributed by atoms with E-state index in [1.165, 1.54) is 0 Å². The Kier molecular flexibility index (Phi) is 4.57. The fourth-order valence-corrected chi connectivity index (χ4v) is 3.04. The van der Waals surface area contributed by atoms with Crippen molar-refractivity contribution in [3.05, 3.63) is 18.1 Å². The minimum atomic E-state index is -0.672. The average Bonchev–Trinajstić information content (AvgIpc) is 2.48. The Morgan fingerprint density at radius 2 is 2.25 bits per heavy atom. The van der Waals surface area contributed by atoms with Crippen LogP contribution in [0.3, 0.4) is 0 Å². The molecule has 1 unspecified atom stereocenters. The van der Waals surface area contributed by atoms with Crippen molar-refractivity contribution in [2.45, 2.75) is 46.0 Å². The molecular weight excluding hydrogens is 254 g/mol. The van der Waals surface area contributed by atoms with Crippen LogP contribution in [-0.4, -0.2) is 34.1 Å². The zero-order valence-electron chi connectivity index (χ0n) is 12.3. The SMILES string of the molecule is CCCC1(C(=O)O)CCCN(c2cc(CC)ncn2)C1. The van der Waals surface area contributed by atoms with Gasteiger partial charge in [0.2, 0.25) is 0 Å². The third kappa shape index (κ3) is 2.92. The zero-order chi connectivity index (χ0) is 14.6. The van der Waals surface area contributed by atoms with Gasteiger partial charge < -0.3 is 10.0 Å². The molecule has 1 atom stereocenters. The van der Waals surface area contributed by atoms with E-state index in [-0.39, 0.29) is 0 Å². The highest BCUT2D eigenvalue weighted by Gasteiger charge is 2.41. The molecule has 20 heavy (non-hydrogen) atoms. The predicted molar refractivity (Wildman–Crippen MR) is 77.8 cm³/mol. The molecule has 1 aliphatic rings. The molecule has 2 heterocycles. The lowest BCUT2D eigenvalue weighted by molar-refractivity contribution is -0.150. The number of nitrogens with zero attached hydrogens (tertiary/aromatic N) is 3.